The minimum Gasteiger partial charge on any atom is -0.493 e. The molecular weight excluding hydrogens is 418 g/mol. The highest BCUT2D eigenvalue weighted by molar-refractivity contribution is 6.31. The molecule has 0 amide bonds. The van der Waals surface area contributed by atoms with E-state index in [2.05, 4.69) is 18.8 Å². The molecule has 3 rings (SSSR count). The summed E-state index contributed by atoms with van der Waals surface area (Å²) in [4.78, 5) is 17.1. The lowest BCUT2D eigenvalue weighted by Gasteiger charge is -2.24. The van der Waals surface area contributed by atoms with Gasteiger partial charge >= 0.3 is 0 Å². The van der Waals surface area contributed by atoms with E-state index in [-0.39, 0.29) is 29.2 Å². The van der Waals surface area contributed by atoms with Gasteiger partial charge in [-0.1, -0.05) is 32.4 Å². The number of aliphatic hydroxyl groups is 1. The van der Waals surface area contributed by atoms with Crippen LogP contribution in [0.3, 0.4) is 0 Å². The van der Waals surface area contributed by atoms with Gasteiger partial charge in [-0.15, -0.1) is 0 Å². The molecule has 0 spiro atoms. The molecule has 0 fully saturated rings. The average molecular weight is 448 g/mol. The summed E-state index contributed by atoms with van der Waals surface area (Å²) in [5, 5.41) is 11.3. The first-order chi connectivity index (χ1) is 14.6. The average Bonchev–Trinajstić information content (AvgIpc) is 3.05. The van der Waals surface area contributed by atoms with Crippen molar-refractivity contribution in [1.29, 1.82) is 0 Å². The Kier molecular flexibility index (Phi) is 6.82. The van der Waals surface area contributed by atoms with E-state index >= 15 is 0 Å². The lowest BCUT2D eigenvalue weighted by molar-refractivity contribution is 0.0396. The third kappa shape index (κ3) is 4.96. The Labute approximate surface area is 188 Å². The smallest absolute Gasteiger partial charge is 0.171 e. The van der Waals surface area contributed by atoms with Crippen molar-refractivity contribution >= 4 is 17.4 Å². The Hall–Kier alpha value is -2.31. The Balaban J connectivity index is 1.75. The van der Waals surface area contributed by atoms with Gasteiger partial charge in [0.15, 0.2) is 28.2 Å². The van der Waals surface area contributed by atoms with Crippen LogP contribution >= 0.6 is 11.6 Å². The van der Waals surface area contributed by atoms with Crippen molar-refractivity contribution in [2.24, 2.45) is 0 Å². The maximum atomic E-state index is 12.8. The molecule has 7 heteroatoms. The van der Waals surface area contributed by atoms with Crippen molar-refractivity contribution in [3.63, 3.8) is 0 Å². The minimum atomic E-state index is -1.32. The van der Waals surface area contributed by atoms with E-state index in [0.29, 0.717) is 41.7 Å². The quantitative estimate of drug-likeness (QED) is 0.427. The van der Waals surface area contributed by atoms with E-state index in [4.69, 9.17) is 25.8 Å². The van der Waals surface area contributed by atoms with Crippen molar-refractivity contribution in [2.45, 2.75) is 58.0 Å². The molecule has 1 atom stereocenters. The summed E-state index contributed by atoms with van der Waals surface area (Å²) in [5.74, 6) is 1.59. The molecule has 0 saturated heterocycles. The fourth-order valence-electron chi connectivity index (χ4n) is 3.55. The maximum absolute atomic E-state index is 12.8. The normalized spacial score (nSPS) is 16.2. The number of Topliss-reactive ketones (excluding diaryl/α,β-unsaturated/α-hetero) is 1. The summed E-state index contributed by atoms with van der Waals surface area (Å²) in [7, 11) is 1.54. The number of carbonyl (C=O) groups is 1. The van der Waals surface area contributed by atoms with Gasteiger partial charge in [-0.2, -0.15) is 0 Å². The predicted octanol–water partition coefficient (Wildman–Crippen LogP) is 5.07. The van der Waals surface area contributed by atoms with E-state index in [9.17, 15) is 9.90 Å². The summed E-state index contributed by atoms with van der Waals surface area (Å²) in [6.07, 6.45) is 1.22. The second-order valence-corrected chi connectivity index (χ2v) is 9.12. The van der Waals surface area contributed by atoms with E-state index in [1.165, 1.54) is 0 Å². The minimum absolute atomic E-state index is 0.100. The third-order valence-electron chi connectivity index (χ3n) is 5.58. The number of carbonyl (C=O) groups excluding carboxylic acids is 1. The number of aromatic nitrogens is 1. The van der Waals surface area contributed by atoms with Gasteiger partial charge in [0.25, 0.3) is 0 Å². The number of pyridine rings is 1. The van der Waals surface area contributed by atoms with Crippen LogP contribution in [-0.4, -0.2) is 36.2 Å². The molecule has 2 aromatic rings. The Morgan fingerprint density at radius 3 is 2.74 bits per heavy atom. The first-order valence-electron chi connectivity index (χ1n) is 10.5. The van der Waals surface area contributed by atoms with Crippen LogP contribution in [0.15, 0.2) is 24.3 Å². The van der Waals surface area contributed by atoms with Gasteiger partial charge in [0.1, 0.15) is 5.60 Å². The monoisotopic (exact) mass is 447 g/mol. The van der Waals surface area contributed by atoms with Crippen LogP contribution in [0.25, 0.3) is 0 Å². The number of hydrogen-bond acceptors (Lipinski definition) is 6. The van der Waals surface area contributed by atoms with Crippen LogP contribution in [0.5, 0.6) is 17.2 Å². The number of halogens is 1. The van der Waals surface area contributed by atoms with Gasteiger partial charge in [-0.25, -0.2) is 4.98 Å². The van der Waals surface area contributed by atoms with E-state index in [0.717, 1.165) is 12.0 Å². The van der Waals surface area contributed by atoms with Gasteiger partial charge in [0.2, 0.25) is 0 Å². The number of hydrogen-bond donors (Lipinski definition) is 1. The number of nitrogens with zero attached hydrogens (tertiary/aromatic N) is 1. The zero-order valence-corrected chi connectivity index (χ0v) is 19.5. The lowest BCUT2D eigenvalue weighted by atomic mass is 9.84. The number of fused-ring (bicyclic) bond motifs is 1. The molecule has 0 radical (unpaired) electrons. The molecule has 1 unspecified atom stereocenters. The molecule has 1 aromatic heterocycles. The molecule has 1 aliphatic heterocycles. The topological polar surface area (TPSA) is 77.9 Å². The molecule has 0 aliphatic carbocycles. The Morgan fingerprint density at radius 2 is 2.06 bits per heavy atom. The third-order valence-corrected chi connectivity index (χ3v) is 5.83. The van der Waals surface area contributed by atoms with Crippen molar-refractivity contribution in [2.75, 3.05) is 20.3 Å². The molecule has 0 bridgehead atoms. The number of ketones is 1. The van der Waals surface area contributed by atoms with Gasteiger partial charge in [0, 0.05) is 23.0 Å². The fourth-order valence-corrected chi connectivity index (χ4v) is 3.80. The van der Waals surface area contributed by atoms with E-state index < -0.39 is 5.60 Å². The predicted molar refractivity (Wildman–Crippen MR) is 120 cm³/mol. The lowest BCUT2D eigenvalue weighted by Crippen LogP contribution is -2.25. The molecule has 1 aliphatic rings. The zero-order valence-electron chi connectivity index (χ0n) is 18.8. The molecule has 0 saturated carbocycles. The number of methoxy groups -OCH3 is 1. The van der Waals surface area contributed by atoms with Gasteiger partial charge in [-0.3, -0.25) is 4.79 Å². The largest absolute Gasteiger partial charge is 0.493 e. The summed E-state index contributed by atoms with van der Waals surface area (Å²) < 4.78 is 16.7. The molecule has 2 heterocycles. The first-order valence-corrected chi connectivity index (χ1v) is 10.9. The van der Waals surface area contributed by atoms with Crippen LogP contribution in [0.2, 0.25) is 5.15 Å². The summed E-state index contributed by atoms with van der Waals surface area (Å²) in [6.45, 7) is 8.86. The molecule has 168 valence electrons. The summed E-state index contributed by atoms with van der Waals surface area (Å²) in [5.41, 5.74) is 0.318. The second kappa shape index (κ2) is 9.05. The van der Waals surface area contributed by atoms with Crippen LogP contribution < -0.4 is 14.2 Å². The van der Waals surface area contributed by atoms with Gasteiger partial charge in [0.05, 0.1) is 26.0 Å². The van der Waals surface area contributed by atoms with E-state index in [1.807, 2.05) is 13.0 Å². The molecule has 1 aromatic carbocycles. The highest BCUT2D eigenvalue weighted by Gasteiger charge is 2.37. The summed E-state index contributed by atoms with van der Waals surface area (Å²) in [6, 6.07) is 6.96. The Morgan fingerprint density at radius 1 is 1.32 bits per heavy atom. The van der Waals surface area contributed by atoms with Crippen molar-refractivity contribution in [3.8, 4) is 17.2 Å². The van der Waals surface area contributed by atoms with Crippen molar-refractivity contribution < 1.29 is 24.1 Å². The second-order valence-electron chi connectivity index (χ2n) is 8.76. The fraction of sp³-hybridized carbons (Fsp3) is 0.500. The SMILES string of the molecule is CCCOc1ccc(C(=O)CCC(C)(O)c2cc3c(c(Cl)n2)OCC3(C)C)cc1OC. The highest BCUT2D eigenvalue weighted by Crippen LogP contribution is 2.44. The molecule has 6 nitrogen and oxygen atoms in total. The van der Waals surface area contributed by atoms with Crippen LogP contribution in [0.1, 0.15) is 68.6 Å². The van der Waals surface area contributed by atoms with Gasteiger partial charge in [-0.05, 0) is 44.0 Å². The molecule has 1 N–H and O–H groups in total. The maximum Gasteiger partial charge on any atom is 0.171 e. The number of benzene rings is 1. The van der Waals surface area contributed by atoms with Gasteiger partial charge < -0.3 is 19.3 Å². The van der Waals surface area contributed by atoms with Crippen molar-refractivity contribution in [3.05, 3.63) is 46.2 Å². The molecule has 31 heavy (non-hydrogen) atoms. The summed E-state index contributed by atoms with van der Waals surface area (Å²) >= 11 is 6.31. The van der Waals surface area contributed by atoms with Crippen LogP contribution in [0.4, 0.5) is 0 Å². The van der Waals surface area contributed by atoms with Crippen LogP contribution in [-0.2, 0) is 11.0 Å². The zero-order chi connectivity index (χ0) is 22.8. The number of ether oxygens (including phenoxy) is 3. The van der Waals surface area contributed by atoms with Crippen LogP contribution in [0, 0.1) is 0 Å². The first kappa shape index (κ1) is 23.4. The number of rotatable bonds is 9. The van der Waals surface area contributed by atoms with Crippen molar-refractivity contribution in [1.82, 2.24) is 4.98 Å². The highest BCUT2D eigenvalue weighted by atomic mass is 35.5. The van der Waals surface area contributed by atoms with E-state index in [1.54, 1.807) is 32.2 Å². The standard InChI is InChI=1S/C24H30ClNO5/c1-6-11-30-18-8-7-15(12-19(18)29-5)17(27)9-10-24(4,28)20-13-16-21(22(25)26-20)31-14-23(16,2)3/h7-8,12-13,28H,6,9-11,14H2,1-5H3. The molecular formula is C24H30ClNO5. The Bertz CT molecular complexity index is 971.